The molecule has 1 fully saturated rings. The van der Waals surface area contributed by atoms with Crippen LogP contribution in [0.2, 0.25) is 0 Å². The van der Waals surface area contributed by atoms with E-state index in [0.29, 0.717) is 41.1 Å². The molecular formula is C25H32N4O3S. The number of nitrogens with one attached hydrogen (secondary N) is 1. The van der Waals surface area contributed by atoms with Gasteiger partial charge in [-0.25, -0.2) is 4.98 Å². The number of nitrogens with zero attached hydrogens (tertiary/aromatic N) is 3. The molecule has 0 atom stereocenters. The van der Waals surface area contributed by atoms with E-state index >= 15 is 0 Å². The second-order valence-electron chi connectivity index (χ2n) is 8.59. The van der Waals surface area contributed by atoms with Gasteiger partial charge in [-0.3, -0.25) is 14.9 Å². The Morgan fingerprint density at radius 2 is 2.09 bits per heavy atom. The number of ether oxygens (including phenoxy) is 1. The van der Waals surface area contributed by atoms with Crippen LogP contribution < -0.4 is 5.32 Å². The number of carbonyl (C=O) groups is 2. The lowest BCUT2D eigenvalue weighted by molar-refractivity contribution is -0.112. The fourth-order valence-electron chi connectivity index (χ4n) is 4.50. The van der Waals surface area contributed by atoms with Crippen LogP contribution in [-0.4, -0.2) is 53.1 Å². The zero-order chi connectivity index (χ0) is 23.2. The molecule has 0 spiro atoms. The Morgan fingerprint density at radius 3 is 2.82 bits per heavy atom. The predicted octanol–water partition coefficient (Wildman–Crippen LogP) is 4.95. The number of aryl methyl sites for hydroxylation is 1. The highest BCUT2D eigenvalue weighted by molar-refractivity contribution is 8.06. The molecule has 2 heterocycles. The molecule has 7 nitrogen and oxygen atoms in total. The molecule has 2 aromatic rings. The lowest BCUT2D eigenvalue weighted by Gasteiger charge is -2.31. The van der Waals surface area contributed by atoms with E-state index in [9.17, 15) is 9.59 Å². The van der Waals surface area contributed by atoms with Gasteiger partial charge >= 0.3 is 0 Å². The number of allylic oxidation sites excluding steroid dienone is 2. The smallest absolute Gasteiger partial charge is 0.264 e. The van der Waals surface area contributed by atoms with E-state index in [2.05, 4.69) is 5.32 Å². The van der Waals surface area contributed by atoms with Crippen molar-refractivity contribution in [2.24, 2.45) is 0 Å². The number of fused-ring (bicyclic) bond motifs is 1. The lowest BCUT2D eigenvalue weighted by atomic mass is 9.94. The third-order valence-corrected chi connectivity index (χ3v) is 7.28. The third kappa shape index (κ3) is 5.50. The molecule has 1 aromatic carbocycles. The SMILES string of the molecule is COCCCn1c(NC(=O)C2=CCC=CS2)nc2cc(C(=O)N(C)C3CCCCC3)ccc21. The summed E-state index contributed by atoms with van der Waals surface area (Å²) in [6.45, 7) is 1.27. The van der Waals surface area contributed by atoms with Crippen molar-refractivity contribution >= 4 is 40.6 Å². The Kier molecular flexibility index (Phi) is 7.88. The summed E-state index contributed by atoms with van der Waals surface area (Å²) in [6.07, 6.45) is 11.2. The second-order valence-corrected chi connectivity index (χ2v) is 9.54. The second kappa shape index (κ2) is 11.0. The van der Waals surface area contributed by atoms with Crippen molar-refractivity contribution in [2.45, 2.75) is 57.5 Å². The van der Waals surface area contributed by atoms with Gasteiger partial charge in [0.15, 0.2) is 0 Å². The first kappa shape index (κ1) is 23.6. The number of amides is 2. The van der Waals surface area contributed by atoms with Crippen LogP contribution in [0.1, 0.15) is 55.3 Å². The molecular weight excluding hydrogens is 436 g/mol. The third-order valence-electron chi connectivity index (χ3n) is 6.35. The molecule has 0 bridgehead atoms. The van der Waals surface area contributed by atoms with Crippen molar-refractivity contribution in [2.75, 3.05) is 26.1 Å². The molecule has 33 heavy (non-hydrogen) atoms. The van der Waals surface area contributed by atoms with E-state index in [0.717, 1.165) is 31.2 Å². The van der Waals surface area contributed by atoms with Crippen LogP contribution in [0.15, 0.2) is 40.7 Å². The number of rotatable bonds is 8. The zero-order valence-corrected chi connectivity index (χ0v) is 20.2. The van der Waals surface area contributed by atoms with Gasteiger partial charge in [-0.15, -0.1) is 0 Å². The van der Waals surface area contributed by atoms with Crippen molar-refractivity contribution in [3.8, 4) is 0 Å². The highest BCUT2D eigenvalue weighted by Gasteiger charge is 2.24. The predicted molar refractivity (Wildman–Crippen MR) is 133 cm³/mol. The van der Waals surface area contributed by atoms with Gasteiger partial charge in [0.25, 0.3) is 11.8 Å². The van der Waals surface area contributed by atoms with Gasteiger partial charge in [0.2, 0.25) is 5.95 Å². The lowest BCUT2D eigenvalue weighted by Crippen LogP contribution is -2.38. The number of hydrogen-bond acceptors (Lipinski definition) is 5. The van der Waals surface area contributed by atoms with Crippen LogP contribution in [0.25, 0.3) is 11.0 Å². The van der Waals surface area contributed by atoms with Gasteiger partial charge in [-0.2, -0.15) is 0 Å². The maximum absolute atomic E-state index is 13.2. The fourth-order valence-corrected chi connectivity index (χ4v) is 5.20. The summed E-state index contributed by atoms with van der Waals surface area (Å²) in [5, 5.41) is 4.90. The largest absolute Gasteiger partial charge is 0.385 e. The van der Waals surface area contributed by atoms with Gasteiger partial charge in [-0.1, -0.05) is 43.2 Å². The van der Waals surface area contributed by atoms with Crippen LogP contribution >= 0.6 is 11.8 Å². The Hall–Kier alpha value is -2.58. The number of benzene rings is 1. The van der Waals surface area contributed by atoms with Gasteiger partial charge < -0.3 is 14.2 Å². The fraction of sp³-hybridized carbons (Fsp3) is 0.480. The molecule has 0 radical (unpaired) electrons. The molecule has 4 rings (SSSR count). The van der Waals surface area contributed by atoms with Crippen molar-refractivity contribution in [3.63, 3.8) is 0 Å². The highest BCUT2D eigenvalue weighted by atomic mass is 32.2. The maximum atomic E-state index is 13.2. The molecule has 0 unspecified atom stereocenters. The molecule has 1 aliphatic heterocycles. The average molecular weight is 469 g/mol. The quantitative estimate of drug-likeness (QED) is 0.555. The number of imidazole rings is 1. The van der Waals surface area contributed by atoms with Crippen LogP contribution in [0.4, 0.5) is 5.95 Å². The number of anilines is 1. The Bertz CT molecular complexity index is 1070. The van der Waals surface area contributed by atoms with E-state index in [1.54, 1.807) is 7.11 Å². The van der Waals surface area contributed by atoms with Gasteiger partial charge in [-0.05, 0) is 49.3 Å². The summed E-state index contributed by atoms with van der Waals surface area (Å²) in [6, 6.07) is 5.95. The van der Waals surface area contributed by atoms with Crippen LogP contribution in [-0.2, 0) is 16.1 Å². The number of hydrogen-bond donors (Lipinski definition) is 1. The highest BCUT2D eigenvalue weighted by Crippen LogP contribution is 2.27. The normalized spacial score (nSPS) is 16.6. The van der Waals surface area contributed by atoms with E-state index in [4.69, 9.17) is 9.72 Å². The molecule has 2 aliphatic rings. The molecule has 1 aromatic heterocycles. The van der Waals surface area contributed by atoms with E-state index in [1.807, 2.05) is 52.3 Å². The van der Waals surface area contributed by atoms with E-state index < -0.39 is 0 Å². The van der Waals surface area contributed by atoms with Gasteiger partial charge in [0, 0.05) is 38.9 Å². The molecule has 8 heteroatoms. The molecule has 1 saturated carbocycles. The summed E-state index contributed by atoms with van der Waals surface area (Å²) in [5.74, 6) is 0.354. The molecule has 0 saturated heterocycles. The molecule has 2 amide bonds. The zero-order valence-electron chi connectivity index (χ0n) is 19.4. The maximum Gasteiger partial charge on any atom is 0.264 e. The Labute approximate surface area is 199 Å². The summed E-state index contributed by atoms with van der Waals surface area (Å²) < 4.78 is 7.21. The number of methoxy groups -OCH3 is 1. The summed E-state index contributed by atoms with van der Waals surface area (Å²) in [4.78, 5) is 33.2. The van der Waals surface area contributed by atoms with Crippen molar-refractivity contribution in [1.29, 1.82) is 0 Å². The first-order chi connectivity index (χ1) is 16.1. The minimum absolute atomic E-state index is 0.0267. The van der Waals surface area contributed by atoms with Crippen LogP contribution in [0.3, 0.4) is 0 Å². The van der Waals surface area contributed by atoms with E-state index in [1.165, 1.54) is 31.0 Å². The summed E-state index contributed by atoms with van der Waals surface area (Å²) in [5.41, 5.74) is 2.23. The topological polar surface area (TPSA) is 76.5 Å². The standard InChI is InChI=1S/C25H32N4O3S/c1-28(19-9-4-3-5-10-19)24(31)18-12-13-21-20(17-18)26-25(29(21)14-8-15-32-2)27-23(30)22-11-6-7-16-33-22/h7,11-13,16-17,19H,3-6,8-10,14-15H2,1-2H3,(H,26,27,30). The van der Waals surface area contributed by atoms with Crippen LogP contribution in [0, 0.1) is 0 Å². The monoisotopic (exact) mass is 468 g/mol. The number of carbonyl (C=O) groups excluding carboxylic acids is 2. The Balaban J connectivity index is 1.59. The molecule has 1 N–H and O–H groups in total. The molecule has 1 aliphatic carbocycles. The minimum atomic E-state index is -0.166. The Morgan fingerprint density at radius 1 is 1.27 bits per heavy atom. The minimum Gasteiger partial charge on any atom is -0.385 e. The number of thioether (sulfide) groups is 1. The van der Waals surface area contributed by atoms with Crippen molar-refractivity contribution in [3.05, 3.63) is 46.2 Å². The summed E-state index contributed by atoms with van der Waals surface area (Å²) >= 11 is 1.41. The van der Waals surface area contributed by atoms with Crippen LogP contribution in [0.5, 0.6) is 0 Å². The van der Waals surface area contributed by atoms with Gasteiger partial charge in [0.05, 0.1) is 15.9 Å². The summed E-state index contributed by atoms with van der Waals surface area (Å²) in [7, 11) is 3.58. The van der Waals surface area contributed by atoms with E-state index in [-0.39, 0.29) is 11.8 Å². The van der Waals surface area contributed by atoms with Gasteiger partial charge in [0.1, 0.15) is 0 Å². The number of aromatic nitrogens is 2. The first-order valence-corrected chi connectivity index (χ1v) is 12.6. The van der Waals surface area contributed by atoms with Crippen molar-refractivity contribution in [1.82, 2.24) is 14.5 Å². The first-order valence-electron chi connectivity index (χ1n) is 11.7. The average Bonchev–Trinajstić information content (AvgIpc) is 3.20. The van der Waals surface area contributed by atoms with Crippen molar-refractivity contribution < 1.29 is 14.3 Å². The molecule has 176 valence electrons.